The van der Waals surface area contributed by atoms with Crippen LogP contribution in [0.2, 0.25) is 0 Å². The van der Waals surface area contributed by atoms with Gasteiger partial charge in [-0.2, -0.15) is 0 Å². The van der Waals surface area contributed by atoms with Gasteiger partial charge in [0.05, 0.1) is 10.8 Å². The summed E-state index contributed by atoms with van der Waals surface area (Å²) in [6.45, 7) is 2.44. The molecule has 0 unspecified atom stereocenters. The van der Waals surface area contributed by atoms with E-state index in [-0.39, 0.29) is 11.6 Å². The van der Waals surface area contributed by atoms with E-state index in [1.54, 1.807) is 17.9 Å². The second-order valence-electron chi connectivity index (χ2n) is 4.03. The minimum atomic E-state index is -0.820. The van der Waals surface area contributed by atoms with E-state index in [0.717, 1.165) is 0 Å². The molecule has 1 aromatic rings. The van der Waals surface area contributed by atoms with Crippen LogP contribution in [0.3, 0.4) is 0 Å². The topological polar surface area (TPSA) is 96.6 Å². The number of hydrogen-bond acceptors (Lipinski definition) is 5. The number of carboxylic acids is 1. The predicted molar refractivity (Wildman–Crippen MR) is 59.0 cm³/mol. The van der Waals surface area contributed by atoms with Crippen molar-refractivity contribution in [1.82, 2.24) is 4.98 Å². The Bertz CT molecular complexity index is 482. The van der Waals surface area contributed by atoms with E-state index in [0.29, 0.717) is 24.5 Å². The van der Waals surface area contributed by atoms with Crippen LogP contribution in [0.4, 0.5) is 11.5 Å². The molecule has 0 aromatic carbocycles. The van der Waals surface area contributed by atoms with Gasteiger partial charge in [-0.25, -0.2) is 4.98 Å². The minimum absolute atomic E-state index is 0.0240. The van der Waals surface area contributed by atoms with Crippen molar-refractivity contribution in [1.29, 1.82) is 0 Å². The van der Waals surface area contributed by atoms with E-state index in [1.807, 2.05) is 0 Å². The summed E-state index contributed by atoms with van der Waals surface area (Å²) in [7, 11) is 0. The van der Waals surface area contributed by atoms with Gasteiger partial charge >= 0.3 is 5.97 Å². The Labute approximate surface area is 96.8 Å². The van der Waals surface area contributed by atoms with Gasteiger partial charge < -0.3 is 10.0 Å². The Hall–Kier alpha value is -2.18. The number of aryl methyl sites for hydroxylation is 1. The van der Waals surface area contributed by atoms with Crippen molar-refractivity contribution in [2.24, 2.45) is 5.92 Å². The molecular weight excluding hydrogens is 226 g/mol. The highest BCUT2D eigenvalue weighted by molar-refractivity contribution is 5.74. The SMILES string of the molecule is Cc1cc(N2CC(C(=O)O)C2)ncc1[N+](=O)[O-]. The first kappa shape index (κ1) is 11.3. The second-order valence-corrected chi connectivity index (χ2v) is 4.03. The molecule has 0 bridgehead atoms. The molecule has 1 fully saturated rings. The van der Waals surface area contributed by atoms with E-state index in [1.165, 1.54) is 6.20 Å². The normalized spacial score (nSPS) is 15.5. The lowest BCUT2D eigenvalue weighted by Gasteiger charge is -2.37. The number of nitrogens with zero attached hydrogens (tertiary/aromatic N) is 3. The number of carboxylic acid groups (broad SMARTS) is 1. The molecule has 1 aliphatic heterocycles. The molecule has 1 aliphatic rings. The van der Waals surface area contributed by atoms with Crippen LogP contribution in [0.15, 0.2) is 12.3 Å². The van der Waals surface area contributed by atoms with Crippen molar-refractivity contribution in [3.8, 4) is 0 Å². The van der Waals surface area contributed by atoms with Crippen molar-refractivity contribution in [3.63, 3.8) is 0 Å². The molecule has 1 aromatic heterocycles. The summed E-state index contributed by atoms with van der Waals surface area (Å²) in [5.74, 6) is -0.599. The zero-order chi connectivity index (χ0) is 12.6. The van der Waals surface area contributed by atoms with Gasteiger partial charge in [0, 0.05) is 18.7 Å². The van der Waals surface area contributed by atoms with Crippen LogP contribution in [-0.2, 0) is 4.79 Å². The fourth-order valence-electron chi connectivity index (χ4n) is 1.72. The van der Waals surface area contributed by atoms with E-state index >= 15 is 0 Å². The zero-order valence-corrected chi connectivity index (χ0v) is 9.16. The molecule has 90 valence electrons. The number of rotatable bonds is 3. The Kier molecular flexibility index (Phi) is 2.66. The van der Waals surface area contributed by atoms with Crippen molar-refractivity contribution >= 4 is 17.5 Å². The van der Waals surface area contributed by atoms with Gasteiger partial charge in [0.2, 0.25) is 0 Å². The Balaban J connectivity index is 2.12. The molecule has 1 N–H and O–H groups in total. The molecule has 0 spiro atoms. The summed E-state index contributed by atoms with van der Waals surface area (Å²) in [6.07, 6.45) is 1.21. The summed E-state index contributed by atoms with van der Waals surface area (Å²) in [6, 6.07) is 1.61. The molecule has 2 rings (SSSR count). The maximum absolute atomic E-state index is 10.6. The third-order valence-corrected chi connectivity index (χ3v) is 2.82. The van der Waals surface area contributed by atoms with E-state index in [2.05, 4.69) is 4.98 Å². The average Bonchev–Trinajstić information content (AvgIpc) is 2.13. The third-order valence-electron chi connectivity index (χ3n) is 2.82. The monoisotopic (exact) mass is 237 g/mol. The third kappa shape index (κ3) is 2.03. The smallest absolute Gasteiger partial charge is 0.310 e. The average molecular weight is 237 g/mol. The van der Waals surface area contributed by atoms with Crippen molar-refractivity contribution < 1.29 is 14.8 Å². The van der Waals surface area contributed by atoms with Crippen molar-refractivity contribution in [3.05, 3.63) is 27.9 Å². The van der Waals surface area contributed by atoms with Crippen molar-refractivity contribution in [2.75, 3.05) is 18.0 Å². The number of anilines is 1. The fourth-order valence-corrected chi connectivity index (χ4v) is 1.72. The van der Waals surface area contributed by atoms with Crippen LogP contribution in [0.1, 0.15) is 5.56 Å². The van der Waals surface area contributed by atoms with Crippen LogP contribution in [-0.4, -0.2) is 34.1 Å². The highest BCUT2D eigenvalue weighted by Gasteiger charge is 2.33. The number of carbonyl (C=O) groups is 1. The maximum Gasteiger partial charge on any atom is 0.310 e. The zero-order valence-electron chi connectivity index (χ0n) is 9.16. The highest BCUT2D eigenvalue weighted by Crippen LogP contribution is 2.26. The number of aliphatic carboxylic acids is 1. The van der Waals surface area contributed by atoms with Gasteiger partial charge in [0.15, 0.2) is 0 Å². The minimum Gasteiger partial charge on any atom is -0.481 e. The first-order valence-electron chi connectivity index (χ1n) is 5.08. The van der Waals surface area contributed by atoms with Gasteiger partial charge in [0.1, 0.15) is 12.0 Å². The van der Waals surface area contributed by atoms with Crippen LogP contribution < -0.4 is 4.90 Å². The largest absolute Gasteiger partial charge is 0.481 e. The van der Waals surface area contributed by atoms with Gasteiger partial charge in [-0.1, -0.05) is 0 Å². The van der Waals surface area contributed by atoms with Gasteiger partial charge in [-0.3, -0.25) is 14.9 Å². The molecule has 0 aliphatic carbocycles. The van der Waals surface area contributed by atoms with Gasteiger partial charge in [-0.05, 0) is 13.0 Å². The molecule has 17 heavy (non-hydrogen) atoms. The van der Waals surface area contributed by atoms with Gasteiger partial charge in [0.25, 0.3) is 5.69 Å². The fraction of sp³-hybridized carbons (Fsp3) is 0.400. The van der Waals surface area contributed by atoms with Crippen molar-refractivity contribution in [2.45, 2.75) is 6.92 Å². The molecular formula is C10H11N3O4. The lowest BCUT2D eigenvalue weighted by Crippen LogP contribution is -2.50. The first-order valence-corrected chi connectivity index (χ1v) is 5.08. The highest BCUT2D eigenvalue weighted by atomic mass is 16.6. The number of aromatic nitrogens is 1. The lowest BCUT2D eigenvalue weighted by molar-refractivity contribution is -0.385. The first-order chi connectivity index (χ1) is 7.99. The van der Waals surface area contributed by atoms with Crippen LogP contribution in [0, 0.1) is 23.0 Å². The summed E-state index contributed by atoms with van der Waals surface area (Å²) in [5, 5.41) is 19.3. The number of pyridine rings is 1. The quantitative estimate of drug-likeness (QED) is 0.617. The van der Waals surface area contributed by atoms with E-state index < -0.39 is 10.9 Å². The Morgan fingerprint density at radius 2 is 2.29 bits per heavy atom. The van der Waals surface area contributed by atoms with Crippen LogP contribution >= 0.6 is 0 Å². The molecule has 0 saturated carbocycles. The molecule has 7 heteroatoms. The summed E-state index contributed by atoms with van der Waals surface area (Å²) >= 11 is 0. The maximum atomic E-state index is 10.6. The van der Waals surface area contributed by atoms with E-state index in [4.69, 9.17) is 5.11 Å². The molecule has 0 atom stereocenters. The van der Waals surface area contributed by atoms with E-state index in [9.17, 15) is 14.9 Å². The second kappa shape index (κ2) is 4.00. The molecule has 2 heterocycles. The molecule has 0 radical (unpaired) electrons. The number of hydrogen-bond donors (Lipinski definition) is 1. The Morgan fingerprint density at radius 3 is 2.76 bits per heavy atom. The summed E-state index contributed by atoms with van der Waals surface area (Å²) < 4.78 is 0. The molecule has 0 amide bonds. The summed E-state index contributed by atoms with van der Waals surface area (Å²) in [4.78, 5) is 26.5. The molecule has 7 nitrogen and oxygen atoms in total. The molecule has 1 saturated heterocycles. The Morgan fingerprint density at radius 1 is 1.65 bits per heavy atom. The number of nitro groups is 1. The van der Waals surface area contributed by atoms with Crippen LogP contribution in [0.25, 0.3) is 0 Å². The summed E-state index contributed by atoms with van der Waals surface area (Å²) in [5.41, 5.74) is 0.503. The standard InChI is InChI=1S/C10H11N3O4/c1-6-2-9(11-3-8(6)13(16)17)12-4-7(5-12)10(14)15/h2-3,7H,4-5H2,1H3,(H,14,15). The predicted octanol–water partition coefficient (Wildman–Crippen LogP) is 0.819. The lowest BCUT2D eigenvalue weighted by atomic mass is 10.0. The van der Waals surface area contributed by atoms with Crippen LogP contribution in [0.5, 0.6) is 0 Å². The van der Waals surface area contributed by atoms with Gasteiger partial charge in [-0.15, -0.1) is 0 Å².